The van der Waals surface area contributed by atoms with Gasteiger partial charge in [0.2, 0.25) is 0 Å². The zero-order chi connectivity index (χ0) is 19.1. The summed E-state index contributed by atoms with van der Waals surface area (Å²) in [6.45, 7) is 1.05. The third kappa shape index (κ3) is 4.59. The van der Waals surface area contributed by atoms with Crippen molar-refractivity contribution >= 4 is 29.4 Å². The molecule has 0 spiro atoms. The minimum absolute atomic E-state index is 0.0212. The van der Waals surface area contributed by atoms with E-state index in [1.807, 2.05) is 0 Å². The number of carbonyl (C=O) groups excluding carboxylic acids is 4. The van der Waals surface area contributed by atoms with E-state index in [1.54, 1.807) is 0 Å². The minimum Gasteiger partial charge on any atom is -0.465 e. The molecule has 2 amide bonds. The Balaban J connectivity index is 2.24. The van der Waals surface area contributed by atoms with Crippen LogP contribution >= 0.6 is 0 Å². The third-order valence-corrected chi connectivity index (χ3v) is 4.18. The van der Waals surface area contributed by atoms with Crippen molar-refractivity contribution < 1.29 is 28.7 Å². The second-order valence-electron chi connectivity index (χ2n) is 5.90. The first-order valence-electron chi connectivity index (χ1n) is 8.39. The number of hydrogen-bond donors (Lipinski definition) is 1. The van der Waals surface area contributed by atoms with E-state index in [1.165, 1.54) is 37.3 Å². The third-order valence-electron chi connectivity index (χ3n) is 4.18. The van der Waals surface area contributed by atoms with Crippen LogP contribution in [0.3, 0.4) is 0 Å². The standard InChI is InChI=1S/C18H22N2O6/c1-25-17(23)12-7-8-13(18(24)26-2)14(11-12)19-15(21)16(22)20-9-5-3-4-6-10-20/h7-8,11H,3-6,9-10H2,1-2H3,(H,19,21). The summed E-state index contributed by atoms with van der Waals surface area (Å²) >= 11 is 0. The highest BCUT2D eigenvalue weighted by molar-refractivity contribution is 6.39. The summed E-state index contributed by atoms with van der Waals surface area (Å²) < 4.78 is 9.31. The van der Waals surface area contributed by atoms with Crippen molar-refractivity contribution in [2.75, 3.05) is 32.6 Å². The Hall–Kier alpha value is -2.90. The molecule has 1 saturated heterocycles. The minimum atomic E-state index is -0.862. The van der Waals surface area contributed by atoms with Gasteiger partial charge in [0.05, 0.1) is 31.0 Å². The number of amides is 2. The number of nitrogens with one attached hydrogen (secondary N) is 1. The molecule has 0 unspecified atom stereocenters. The number of anilines is 1. The first-order chi connectivity index (χ1) is 12.5. The van der Waals surface area contributed by atoms with Gasteiger partial charge in [-0.15, -0.1) is 0 Å². The normalized spacial score (nSPS) is 14.2. The lowest BCUT2D eigenvalue weighted by Gasteiger charge is -2.20. The van der Waals surface area contributed by atoms with Crippen molar-refractivity contribution in [2.24, 2.45) is 0 Å². The average molecular weight is 362 g/mol. The maximum atomic E-state index is 12.4. The number of ether oxygens (including phenoxy) is 2. The van der Waals surface area contributed by atoms with Gasteiger partial charge in [0.15, 0.2) is 0 Å². The van der Waals surface area contributed by atoms with E-state index in [9.17, 15) is 19.2 Å². The predicted molar refractivity (Wildman–Crippen MR) is 92.8 cm³/mol. The first kappa shape index (κ1) is 19.4. The largest absolute Gasteiger partial charge is 0.465 e. The molecular weight excluding hydrogens is 340 g/mol. The fraction of sp³-hybridized carbons (Fsp3) is 0.444. The summed E-state index contributed by atoms with van der Waals surface area (Å²) in [5.41, 5.74) is 0.197. The van der Waals surface area contributed by atoms with E-state index in [0.29, 0.717) is 13.1 Å². The number of benzene rings is 1. The summed E-state index contributed by atoms with van der Waals surface area (Å²) in [6, 6.07) is 4.00. The summed E-state index contributed by atoms with van der Waals surface area (Å²) in [6.07, 6.45) is 3.76. The van der Waals surface area contributed by atoms with Gasteiger partial charge in [-0.1, -0.05) is 12.8 Å². The number of likely N-dealkylation sites (tertiary alicyclic amines) is 1. The zero-order valence-electron chi connectivity index (χ0n) is 14.9. The van der Waals surface area contributed by atoms with Crippen LogP contribution in [0.15, 0.2) is 18.2 Å². The van der Waals surface area contributed by atoms with Gasteiger partial charge < -0.3 is 19.7 Å². The summed E-state index contributed by atoms with van der Waals surface area (Å²) in [4.78, 5) is 49.9. The number of hydrogen-bond acceptors (Lipinski definition) is 6. The topological polar surface area (TPSA) is 102 Å². The van der Waals surface area contributed by atoms with E-state index in [0.717, 1.165) is 25.7 Å². The molecule has 26 heavy (non-hydrogen) atoms. The van der Waals surface area contributed by atoms with Crippen LogP contribution in [-0.4, -0.2) is 56.0 Å². The molecule has 8 heteroatoms. The van der Waals surface area contributed by atoms with Gasteiger partial charge in [-0.3, -0.25) is 9.59 Å². The van der Waals surface area contributed by atoms with Gasteiger partial charge in [0.25, 0.3) is 0 Å². The number of esters is 2. The van der Waals surface area contributed by atoms with Crippen LogP contribution in [-0.2, 0) is 19.1 Å². The fourth-order valence-corrected chi connectivity index (χ4v) is 2.77. The Bertz CT molecular complexity index is 708. The van der Waals surface area contributed by atoms with E-state index in [2.05, 4.69) is 14.8 Å². The number of rotatable bonds is 3. The number of methoxy groups -OCH3 is 2. The molecule has 0 aromatic heterocycles. The van der Waals surface area contributed by atoms with Crippen molar-refractivity contribution in [3.8, 4) is 0 Å². The number of carbonyl (C=O) groups is 4. The molecule has 0 atom stereocenters. The Labute approximate surface area is 151 Å². The molecular formula is C18H22N2O6. The number of nitrogens with zero attached hydrogens (tertiary/aromatic N) is 1. The van der Waals surface area contributed by atoms with Crippen LogP contribution in [0, 0.1) is 0 Å². The van der Waals surface area contributed by atoms with Gasteiger partial charge in [-0.25, -0.2) is 9.59 Å². The molecule has 1 aromatic rings. The van der Waals surface area contributed by atoms with Gasteiger partial charge in [0.1, 0.15) is 0 Å². The van der Waals surface area contributed by atoms with Crippen molar-refractivity contribution in [2.45, 2.75) is 25.7 Å². The maximum absolute atomic E-state index is 12.4. The second kappa shape index (κ2) is 8.98. The van der Waals surface area contributed by atoms with Crippen LogP contribution in [0.5, 0.6) is 0 Å². The van der Waals surface area contributed by atoms with Crippen LogP contribution in [0.25, 0.3) is 0 Å². The SMILES string of the molecule is COC(=O)c1ccc(C(=O)OC)c(NC(=O)C(=O)N2CCCCCC2)c1. The van der Waals surface area contributed by atoms with Crippen LogP contribution < -0.4 is 5.32 Å². The zero-order valence-corrected chi connectivity index (χ0v) is 14.9. The summed E-state index contributed by atoms with van der Waals surface area (Å²) in [7, 11) is 2.42. The molecule has 1 fully saturated rings. The summed E-state index contributed by atoms with van der Waals surface area (Å²) in [5, 5.41) is 2.42. The molecule has 2 rings (SSSR count). The molecule has 0 radical (unpaired) electrons. The molecule has 1 heterocycles. The highest BCUT2D eigenvalue weighted by Crippen LogP contribution is 2.20. The Morgan fingerprint density at radius 2 is 1.54 bits per heavy atom. The maximum Gasteiger partial charge on any atom is 0.339 e. The molecule has 0 bridgehead atoms. The molecule has 140 valence electrons. The van der Waals surface area contributed by atoms with Crippen molar-refractivity contribution in [1.82, 2.24) is 4.90 Å². The molecule has 0 saturated carbocycles. The lowest BCUT2D eigenvalue weighted by molar-refractivity contribution is -0.143. The summed E-state index contributed by atoms with van der Waals surface area (Å²) in [5.74, 6) is -2.85. The van der Waals surface area contributed by atoms with Crippen LogP contribution in [0.1, 0.15) is 46.4 Å². The van der Waals surface area contributed by atoms with Gasteiger partial charge in [-0.2, -0.15) is 0 Å². The average Bonchev–Trinajstić information content (AvgIpc) is 2.95. The molecule has 8 nitrogen and oxygen atoms in total. The highest BCUT2D eigenvalue weighted by Gasteiger charge is 2.25. The van der Waals surface area contributed by atoms with Crippen molar-refractivity contribution in [3.63, 3.8) is 0 Å². The molecule has 1 N–H and O–H groups in total. The lowest BCUT2D eigenvalue weighted by atomic mass is 10.1. The van der Waals surface area contributed by atoms with Crippen molar-refractivity contribution in [1.29, 1.82) is 0 Å². The highest BCUT2D eigenvalue weighted by atomic mass is 16.5. The Morgan fingerprint density at radius 3 is 2.12 bits per heavy atom. The van der Waals surface area contributed by atoms with Gasteiger partial charge in [-0.05, 0) is 31.0 Å². The van der Waals surface area contributed by atoms with E-state index in [-0.39, 0.29) is 16.8 Å². The monoisotopic (exact) mass is 362 g/mol. The van der Waals surface area contributed by atoms with E-state index in [4.69, 9.17) is 0 Å². The van der Waals surface area contributed by atoms with Gasteiger partial charge >= 0.3 is 23.8 Å². The first-order valence-corrected chi connectivity index (χ1v) is 8.39. The smallest absolute Gasteiger partial charge is 0.339 e. The van der Waals surface area contributed by atoms with E-state index < -0.39 is 23.8 Å². The predicted octanol–water partition coefficient (Wildman–Crippen LogP) is 1.60. The molecule has 0 aliphatic carbocycles. The Morgan fingerprint density at radius 1 is 0.923 bits per heavy atom. The fourth-order valence-electron chi connectivity index (χ4n) is 2.77. The van der Waals surface area contributed by atoms with Gasteiger partial charge in [0, 0.05) is 13.1 Å². The Kier molecular flexibility index (Phi) is 6.71. The molecule has 1 aliphatic heterocycles. The van der Waals surface area contributed by atoms with Crippen molar-refractivity contribution in [3.05, 3.63) is 29.3 Å². The molecule has 1 aromatic carbocycles. The van der Waals surface area contributed by atoms with Crippen LogP contribution in [0.4, 0.5) is 5.69 Å². The quantitative estimate of drug-likeness (QED) is 0.647. The second-order valence-corrected chi connectivity index (χ2v) is 5.90. The lowest BCUT2D eigenvalue weighted by Crippen LogP contribution is -2.40. The van der Waals surface area contributed by atoms with E-state index >= 15 is 0 Å². The van der Waals surface area contributed by atoms with Crippen LogP contribution in [0.2, 0.25) is 0 Å². The molecule has 1 aliphatic rings.